The fourth-order valence-corrected chi connectivity index (χ4v) is 1.47. The zero-order valence-corrected chi connectivity index (χ0v) is 6.95. The molecule has 0 atom stereocenters. The molecule has 0 N–H and O–H groups in total. The summed E-state index contributed by atoms with van der Waals surface area (Å²) in [5.74, 6) is 1.19. The molecule has 1 aromatic carbocycles. The molecule has 0 aliphatic carbocycles. The van der Waals surface area contributed by atoms with E-state index < -0.39 is 0 Å². The molecule has 1 aliphatic rings. The van der Waals surface area contributed by atoms with Crippen LogP contribution in [0, 0.1) is 0 Å². The SMILES string of the molecule is Clc1cc(Cl)c2c(c1)OCO2. The van der Waals surface area contributed by atoms with Crippen LogP contribution in [0.5, 0.6) is 11.5 Å². The molecular formula is C7H4Cl2O2. The Bertz CT molecular complexity index is 299. The molecule has 2 rings (SSSR count). The molecule has 1 heterocycles. The quantitative estimate of drug-likeness (QED) is 0.627. The van der Waals surface area contributed by atoms with Crippen molar-refractivity contribution in [2.24, 2.45) is 0 Å². The summed E-state index contributed by atoms with van der Waals surface area (Å²) in [5.41, 5.74) is 0. The van der Waals surface area contributed by atoms with E-state index in [1.54, 1.807) is 12.1 Å². The van der Waals surface area contributed by atoms with Gasteiger partial charge in [-0.15, -0.1) is 0 Å². The van der Waals surface area contributed by atoms with E-state index in [1.807, 2.05) is 0 Å². The van der Waals surface area contributed by atoms with Gasteiger partial charge >= 0.3 is 0 Å². The van der Waals surface area contributed by atoms with Gasteiger partial charge in [0.1, 0.15) is 0 Å². The number of fused-ring (bicyclic) bond motifs is 1. The highest BCUT2D eigenvalue weighted by molar-refractivity contribution is 6.35. The topological polar surface area (TPSA) is 18.5 Å². The summed E-state index contributed by atoms with van der Waals surface area (Å²) in [6.45, 7) is 0.218. The lowest BCUT2D eigenvalue weighted by molar-refractivity contribution is 0.174. The van der Waals surface area contributed by atoms with Gasteiger partial charge in [-0.05, 0) is 6.07 Å². The van der Waals surface area contributed by atoms with Gasteiger partial charge in [-0.25, -0.2) is 0 Å². The Labute approximate surface area is 73.6 Å². The van der Waals surface area contributed by atoms with Crippen LogP contribution >= 0.6 is 23.2 Å². The second-order valence-corrected chi connectivity index (χ2v) is 2.97. The first-order valence-electron chi connectivity index (χ1n) is 3.02. The van der Waals surface area contributed by atoms with Crippen LogP contribution in [0.1, 0.15) is 0 Å². The zero-order valence-electron chi connectivity index (χ0n) is 5.43. The maximum absolute atomic E-state index is 5.79. The molecule has 0 aromatic heterocycles. The van der Waals surface area contributed by atoms with E-state index in [-0.39, 0.29) is 6.79 Å². The number of rotatable bonds is 0. The summed E-state index contributed by atoms with van der Waals surface area (Å²) >= 11 is 11.5. The minimum Gasteiger partial charge on any atom is -0.453 e. The van der Waals surface area contributed by atoms with Crippen molar-refractivity contribution in [2.45, 2.75) is 0 Å². The monoisotopic (exact) mass is 190 g/mol. The molecule has 1 aromatic rings. The van der Waals surface area contributed by atoms with Crippen LogP contribution in [-0.2, 0) is 0 Å². The van der Waals surface area contributed by atoms with Gasteiger partial charge in [-0.1, -0.05) is 23.2 Å². The van der Waals surface area contributed by atoms with Crippen LogP contribution in [-0.4, -0.2) is 6.79 Å². The standard InChI is InChI=1S/C7H4Cl2O2/c8-4-1-5(9)7-6(2-4)10-3-11-7/h1-2H,3H2. The lowest BCUT2D eigenvalue weighted by Gasteiger charge is -1.97. The van der Waals surface area contributed by atoms with Crippen LogP contribution in [0.2, 0.25) is 10.0 Å². The highest BCUT2D eigenvalue weighted by Gasteiger charge is 2.17. The first-order valence-corrected chi connectivity index (χ1v) is 3.77. The largest absolute Gasteiger partial charge is 0.453 e. The third kappa shape index (κ3) is 1.12. The van der Waals surface area contributed by atoms with Gasteiger partial charge in [-0.3, -0.25) is 0 Å². The lowest BCUT2D eigenvalue weighted by atomic mass is 10.3. The van der Waals surface area contributed by atoms with Crippen molar-refractivity contribution in [3.8, 4) is 11.5 Å². The molecule has 2 nitrogen and oxygen atoms in total. The molecule has 58 valence electrons. The number of benzene rings is 1. The average molecular weight is 191 g/mol. The number of ether oxygens (including phenoxy) is 2. The predicted octanol–water partition coefficient (Wildman–Crippen LogP) is 2.72. The van der Waals surface area contributed by atoms with Gasteiger partial charge in [-0.2, -0.15) is 0 Å². The minimum atomic E-state index is 0.218. The molecule has 0 amide bonds. The smallest absolute Gasteiger partial charge is 0.231 e. The van der Waals surface area contributed by atoms with Gasteiger partial charge in [0.2, 0.25) is 6.79 Å². The third-order valence-electron chi connectivity index (χ3n) is 1.39. The minimum absolute atomic E-state index is 0.218. The molecule has 0 radical (unpaired) electrons. The Balaban J connectivity index is 2.60. The normalized spacial score (nSPS) is 13.6. The summed E-state index contributed by atoms with van der Waals surface area (Å²) in [6, 6.07) is 3.30. The maximum atomic E-state index is 5.79. The van der Waals surface area contributed by atoms with Crippen molar-refractivity contribution >= 4 is 23.2 Å². The summed E-state index contributed by atoms with van der Waals surface area (Å²) in [5, 5.41) is 1.05. The second kappa shape index (κ2) is 2.47. The fraction of sp³-hybridized carbons (Fsp3) is 0.143. The average Bonchev–Trinajstić information content (AvgIpc) is 2.34. The Kier molecular flexibility index (Phi) is 1.59. The van der Waals surface area contributed by atoms with Crippen LogP contribution in [0.15, 0.2) is 12.1 Å². The van der Waals surface area contributed by atoms with Crippen LogP contribution < -0.4 is 9.47 Å². The van der Waals surface area contributed by atoms with Gasteiger partial charge in [0.25, 0.3) is 0 Å². The Hall–Kier alpha value is -0.600. The van der Waals surface area contributed by atoms with E-state index in [1.165, 1.54) is 0 Å². The van der Waals surface area contributed by atoms with Crippen molar-refractivity contribution in [1.29, 1.82) is 0 Å². The Morgan fingerprint density at radius 2 is 2.00 bits per heavy atom. The van der Waals surface area contributed by atoms with E-state index in [0.717, 1.165) is 0 Å². The van der Waals surface area contributed by atoms with Crippen molar-refractivity contribution in [3.05, 3.63) is 22.2 Å². The van der Waals surface area contributed by atoms with E-state index in [2.05, 4.69) is 0 Å². The first-order chi connectivity index (χ1) is 5.27. The number of halogens is 2. The maximum Gasteiger partial charge on any atom is 0.231 e. The van der Waals surface area contributed by atoms with Gasteiger partial charge in [0.15, 0.2) is 11.5 Å². The highest BCUT2D eigenvalue weighted by Crippen LogP contribution is 2.40. The second-order valence-electron chi connectivity index (χ2n) is 2.12. The molecule has 1 aliphatic heterocycles. The summed E-state index contributed by atoms with van der Waals surface area (Å²) in [4.78, 5) is 0. The van der Waals surface area contributed by atoms with E-state index in [9.17, 15) is 0 Å². The van der Waals surface area contributed by atoms with Gasteiger partial charge < -0.3 is 9.47 Å². The number of hydrogen-bond donors (Lipinski definition) is 0. The summed E-state index contributed by atoms with van der Waals surface area (Å²) in [7, 11) is 0. The van der Waals surface area contributed by atoms with Crippen LogP contribution in [0.25, 0.3) is 0 Å². The Morgan fingerprint density at radius 3 is 2.82 bits per heavy atom. The van der Waals surface area contributed by atoms with Crippen LogP contribution in [0.4, 0.5) is 0 Å². The van der Waals surface area contributed by atoms with Gasteiger partial charge in [0.05, 0.1) is 5.02 Å². The van der Waals surface area contributed by atoms with Crippen LogP contribution in [0.3, 0.4) is 0 Å². The molecule has 0 saturated heterocycles. The molecule has 4 heteroatoms. The molecular weight excluding hydrogens is 187 g/mol. The highest BCUT2D eigenvalue weighted by atomic mass is 35.5. The van der Waals surface area contributed by atoms with E-state index in [0.29, 0.717) is 21.5 Å². The molecule has 0 unspecified atom stereocenters. The Morgan fingerprint density at radius 1 is 1.18 bits per heavy atom. The van der Waals surface area contributed by atoms with E-state index in [4.69, 9.17) is 32.7 Å². The third-order valence-corrected chi connectivity index (χ3v) is 1.89. The predicted molar refractivity (Wildman–Crippen MR) is 42.6 cm³/mol. The molecule has 11 heavy (non-hydrogen) atoms. The van der Waals surface area contributed by atoms with Crippen molar-refractivity contribution in [3.63, 3.8) is 0 Å². The van der Waals surface area contributed by atoms with Gasteiger partial charge in [0, 0.05) is 11.1 Å². The first kappa shape index (κ1) is 7.07. The zero-order chi connectivity index (χ0) is 7.84. The van der Waals surface area contributed by atoms with Crippen molar-refractivity contribution < 1.29 is 9.47 Å². The van der Waals surface area contributed by atoms with E-state index >= 15 is 0 Å². The van der Waals surface area contributed by atoms with Crippen molar-refractivity contribution in [2.75, 3.05) is 6.79 Å². The lowest BCUT2D eigenvalue weighted by Crippen LogP contribution is -1.93. The molecule has 0 bridgehead atoms. The number of hydrogen-bond acceptors (Lipinski definition) is 2. The summed E-state index contributed by atoms with van der Waals surface area (Å²) in [6.07, 6.45) is 0. The van der Waals surface area contributed by atoms with Crippen molar-refractivity contribution in [1.82, 2.24) is 0 Å². The molecule has 0 spiro atoms. The molecule has 0 saturated carbocycles. The molecule has 0 fully saturated rings. The fourth-order valence-electron chi connectivity index (χ4n) is 0.936. The summed E-state index contributed by atoms with van der Waals surface area (Å²) < 4.78 is 10.1.